The predicted octanol–water partition coefficient (Wildman–Crippen LogP) is 4.08. The predicted molar refractivity (Wildman–Crippen MR) is 75.0 cm³/mol. The third kappa shape index (κ3) is 3.71. The molecule has 1 saturated carbocycles. The van der Waals surface area contributed by atoms with Gasteiger partial charge in [0.2, 0.25) is 0 Å². The minimum Gasteiger partial charge on any atom is -0.317 e. The highest BCUT2D eigenvalue weighted by Gasteiger charge is 2.31. The average Bonchev–Trinajstić information content (AvgIpc) is 2.29. The van der Waals surface area contributed by atoms with Crippen LogP contribution in [0.3, 0.4) is 0 Å². The van der Waals surface area contributed by atoms with Crippen molar-refractivity contribution in [3.8, 4) is 0 Å². The lowest BCUT2D eigenvalue weighted by molar-refractivity contribution is 0.118. The molecule has 1 heteroatoms. The zero-order valence-electron chi connectivity index (χ0n) is 12.0. The molecular formula is C16H31N. The fourth-order valence-electron chi connectivity index (χ4n) is 4.44. The van der Waals surface area contributed by atoms with E-state index in [4.69, 9.17) is 0 Å². The second kappa shape index (κ2) is 6.22. The molecule has 0 aromatic heterocycles. The Morgan fingerprint density at radius 1 is 0.882 bits per heavy atom. The van der Waals surface area contributed by atoms with E-state index < -0.39 is 0 Å². The van der Waals surface area contributed by atoms with Gasteiger partial charge in [-0.3, -0.25) is 0 Å². The first-order chi connectivity index (χ1) is 8.16. The molecule has 1 saturated heterocycles. The molecule has 0 spiro atoms. The summed E-state index contributed by atoms with van der Waals surface area (Å²) in [6.07, 6.45) is 8.79. The van der Waals surface area contributed by atoms with E-state index in [0.717, 1.165) is 29.6 Å². The Morgan fingerprint density at radius 2 is 1.47 bits per heavy atom. The van der Waals surface area contributed by atoms with Gasteiger partial charge in [0.05, 0.1) is 0 Å². The van der Waals surface area contributed by atoms with Crippen LogP contribution < -0.4 is 5.32 Å². The summed E-state index contributed by atoms with van der Waals surface area (Å²) in [5.74, 6) is 4.94. The Bertz CT molecular complexity index is 208. The number of rotatable bonds is 3. The maximum Gasteiger partial charge on any atom is -0.00463 e. The van der Waals surface area contributed by atoms with E-state index in [1.807, 2.05) is 0 Å². The van der Waals surface area contributed by atoms with Gasteiger partial charge in [-0.2, -0.15) is 0 Å². The van der Waals surface area contributed by atoms with Gasteiger partial charge in [-0.05, 0) is 74.8 Å². The molecule has 100 valence electrons. The summed E-state index contributed by atoms with van der Waals surface area (Å²) in [5.41, 5.74) is 0. The highest BCUT2D eigenvalue weighted by Crippen LogP contribution is 2.41. The molecule has 2 rings (SSSR count). The minimum atomic E-state index is 0.968. The van der Waals surface area contributed by atoms with Crippen LogP contribution in [-0.4, -0.2) is 13.1 Å². The van der Waals surface area contributed by atoms with Gasteiger partial charge in [-0.25, -0.2) is 0 Å². The molecule has 1 heterocycles. The normalized spacial score (nSPS) is 40.4. The lowest BCUT2D eigenvalue weighted by Crippen LogP contribution is -2.31. The van der Waals surface area contributed by atoms with Crippen LogP contribution >= 0.6 is 0 Å². The molecule has 0 bridgehead atoms. The lowest BCUT2D eigenvalue weighted by Gasteiger charge is -2.39. The van der Waals surface area contributed by atoms with Crippen LogP contribution in [0.5, 0.6) is 0 Å². The van der Waals surface area contributed by atoms with Crippen molar-refractivity contribution < 1.29 is 0 Å². The summed E-state index contributed by atoms with van der Waals surface area (Å²) < 4.78 is 0. The van der Waals surface area contributed by atoms with Crippen LogP contribution in [0.4, 0.5) is 0 Å². The first kappa shape index (κ1) is 13.4. The van der Waals surface area contributed by atoms with Crippen molar-refractivity contribution in [2.75, 3.05) is 13.1 Å². The van der Waals surface area contributed by atoms with Gasteiger partial charge in [0.1, 0.15) is 0 Å². The second-order valence-electron chi connectivity index (χ2n) is 6.97. The molecule has 17 heavy (non-hydrogen) atoms. The monoisotopic (exact) mass is 237 g/mol. The van der Waals surface area contributed by atoms with Crippen molar-refractivity contribution in [3.05, 3.63) is 0 Å². The third-order valence-corrected chi connectivity index (χ3v) is 5.38. The summed E-state index contributed by atoms with van der Waals surface area (Å²) in [6.45, 7) is 9.96. The van der Waals surface area contributed by atoms with Crippen molar-refractivity contribution in [3.63, 3.8) is 0 Å². The molecule has 1 aliphatic heterocycles. The van der Waals surface area contributed by atoms with Gasteiger partial charge < -0.3 is 5.32 Å². The van der Waals surface area contributed by atoms with Crippen molar-refractivity contribution in [1.29, 1.82) is 0 Å². The fraction of sp³-hybridized carbons (Fsp3) is 1.00. The topological polar surface area (TPSA) is 12.0 Å². The molecule has 1 nitrogen and oxygen atoms in total. The SMILES string of the molecule is CC1CC(C)C(CCC2CCNCC2)C(C)C1. The van der Waals surface area contributed by atoms with E-state index in [1.54, 1.807) is 0 Å². The molecule has 2 atom stereocenters. The molecule has 2 aliphatic rings. The zero-order valence-corrected chi connectivity index (χ0v) is 12.0. The van der Waals surface area contributed by atoms with Crippen LogP contribution in [-0.2, 0) is 0 Å². The molecule has 2 fully saturated rings. The Labute approximate surface area is 108 Å². The van der Waals surface area contributed by atoms with Gasteiger partial charge in [0, 0.05) is 0 Å². The average molecular weight is 237 g/mol. The van der Waals surface area contributed by atoms with Crippen LogP contribution in [0.2, 0.25) is 0 Å². The summed E-state index contributed by atoms with van der Waals surface area (Å²) in [6, 6.07) is 0. The maximum atomic E-state index is 3.48. The lowest BCUT2D eigenvalue weighted by atomic mass is 9.67. The van der Waals surface area contributed by atoms with Crippen LogP contribution in [0, 0.1) is 29.6 Å². The summed E-state index contributed by atoms with van der Waals surface area (Å²) >= 11 is 0. The Morgan fingerprint density at radius 3 is 2.06 bits per heavy atom. The molecule has 1 aliphatic carbocycles. The van der Waals surface area contributed by atoms with E-state index in [0.29, 0.717) is 0 Å². The highest BCUT2D eigenvalue weighted by atomic mass is 14.9. The van der Waals surface area contributed by atoms with E-state index in [9.17, 15) is 0 Å². The van der Waals surface area contributed by atoms with Crippen LogP contribution in [0.25, 0.3) is 0 Å². The molecule has 0 amide bonds. The standard InChI is InChI=1S/C16H31N/c1-12-10-13(2)16(14(3)11-12)5-4-15-6-8-17-9-7-15/h12-17H,4-11H2,1-3H3. The van der Waals surface area contributed by atoms with E-state index in [-0.39, 0.29) is 0 Å². The molecule has 1 N–H and O–H groups in total. The van der Waals surface area contributed by atoms with Gasteiger partial charge in [0.25, 0.3) is 0 Å². The highest BCUT2D eigenvalue weighted by molar-refractivity contribution is 4.82. The van der Waals surface area contributed by atoms with Gasteiger partial charge in [0.15, 0.2) is 0 Å². The van der Waals surface area contributed by atoms with Gasteiger partial charge in [-0.15, -0.1) is 0 Å². The number of nitrogens with one attached hydrogen (secondary N) is 1. The quantitative estimate of drug-likeness (QED) is 0.780. The van der Waals surface area contributed by atoms with Crippen LogP contribution in [0.15, 0.2) is 0 Å². The summed E-state index contributed by atoms with van der Waals surface area (Å²) in [5, 5.41) is 3.48. The van der Waals surface area contributed by atoms with Crippen molar-refractivity contribution in [2.24, 2.45) is 29.6 Å². The van der Waals surface area contributed by atoms with Gasteiger partial charge in [-0.1, -0.05) is 27.2 Å². The van der Waals surface area contributed by atoms with E-state index in [2.05, 4.69) is 26.1 Å². The zero-order chi connectivity index (χ0) is 12.3. The first-order valence-corrected chi connectivity index (χ1v) is 7.87. The molecular weight excluding hydrogens is 206 g/mol. The third-order valence-electron chi connectivity index (χ3n) is 5.38. The largest absolute Gasteiger partial charge is 0.317 e. The number of hydrogen-bond donors (Lipinski definition) is 1. The van der Waals surface area contributed by atoms with E-state index >= 15 is 0 Å². The van der Waals surface area contributed by atoms with E-state index in [1.165, 1.54) is 51.6 Å². The van der Waals surface area contributed by atoms with Crippen molar-refractivity contribution in [1.82, 2.24) is 5.32 Å². The molecule has 0 aromatic rings. The fourth-order valence-corrected chi connectivity index (χ4v) is 4.44. The number of piperidine rings is 1. The Balaban J connectivity index is 1.76. The van der Waals surface area contributed by atoms with Crippen molar-refractivity contribution >= 4 is 0 Å². The smallest absolute Gasteiger partial charge is 0.00463 e. The Kier molecular flexibility index (Phi) is 4.90. The summed E-state index contributed by atoms with van der Waals surface area (Å²) in [4.78, 5) is 0. The summed E-state index contributed by atoms with van der Waals surface area (Å²) in [7, 11) is 0. The minimum absolute atomic E-state index is 0.968. The molecule has 2 unspecified atom stereocenters. The van der Waals surface area contributed by atoms with Crippen LogP contribution in [0.1, 0.15) is 59.3 Å². The maximum absolute atomic E-state index is 3.48. The second-order valence-corrected chi connectivity index (χ2v) is 6.97. The van der Waals surface area contributed by atoms with Gasteiger partial charge >= 0.3 is 0 Å². The molecule has 0 aromatic carbocycles. The molecule has 0 radical (unpaired) electrons. The Hall–Kier alpha value is -0.0400. The number of hydrogen-bond acceptors (Lipinski definition) is 1. The van der Waals surface area contributed by atoms with Crippen molar-refractivity contribution in [2.45, 2.75) is 59.3 Å². The first-order valence-electron chi connectivity index (χ1n) is 7.87.